The monoisotopic (exact) mass is 199 g/mol. The van der Waals surface area contributed by atoms with Crippen LogP contribution in [0.4, 0.5) is 0 Å². The molecular weight excluding hydrogens is 190 g/mol. The highest BCUT2D eigenvalue weighted by atomic mass is 15.3. The van der Waals surface area contributed by atoms with Gasteiger partial charge in [-0.2, -0.15) is 10.4 Å². The van der Waals surface area contributed by atoms with Crippen molar-refractivity contribution >= 4 is 0 Å². The van der Waals surface area contributed by atoms with Crippen molar-refractivity contribution in [1.82, 2.24) is 19.7 Å². The first-order chi connectivity index (χ1) is 7.20. The Kier molecular flexibility index (Phi) is 2.18. The van der Waals surface area contributed by atoms with Crippen LogP contribution < -0.4 is 0 Å². The average Bonchev–Trinajstić information content (AvgIpc) is 2.59. The molecule has 0 amide bonds. The average molecular weight is 199 g/mol. The van der Waals surface area contributed by atoms with Crippen molar-refractivity contribution in [2.24, 2.45) is 7.05 Å². The maximum absolute atomic E-state index is 8.70. The van der Waals surface area contributed by atoms with E-state index in [1.807, 2.05) is 26.1 Å². The Morgan fingerprint density at radius 1 is 1.27 bits per heavy atom. The third kappa shape index (κ3) is 1.70. The topological polar surface area (TPSA) is 67.4 Å². The Balaban J connectivity index is 2.50. The molecule has 0 fully saturated rings. The molecule has 15 heavy (non-hydrogen) atoms. The second-order valence-electron chi connectivity index (χ2n) is 3.19. The van der Waals surface area contributed by atoms with E-state index in [9.17, 15) is 0 Å². The summed E-state index contributed by atoms with van der Waals surface area (Å²) in [6.45, 7) is 1.96. The molecule has 0 aliphatic rings. The van der Waals surface area contributed by atoms with Gasteiger partial charge in [-0.15, -0.1) is 0 Å². The van der Waals surface area contributed by atoms with Gasteiger partial charge in [0.05, 0.1) is 5.69 Å². The lowest BCUT2D eigenvalue weighted by molar-refractivity contribution is 0.742. The Morgan fingerprint density at radius 2 is 2.07 bits per heavy atom. The number of nitrogens with zero attached hydrogens (tertiary/aromatic N) is 5. The minimum Gasteiger partial charge on any atom is -0.272 e. The van der Waals surface area contributed by atoms with E-state index in [-0.39, 0.29) is 0 Å². The number of hydrogen-bond acceptors (Lipinski definition) is 4. The summed E-state index contributed by atoms with van der Waals surface area (Å²) in [4.78, 5) is 7.88. The summed E-state index contributed by atoms with van der Waals surface area (Å²) in [6, 6.07) is 5.52. The molecule has 2 heterocycles. The molecule has 0 bridgehead atoms. The third-order valence-electron chi connectivity index (χ3n) is 2.16. The largest absolute Gasteiger partial charge is 0.272 e. The fraction of sp³-hybridized carbons (Fsp3) is 0.200. The van der Waals surface area contributed by atoms with Crippen molar-refractivity contribution in [2.75, 3.05) is 0 Å². The van der Waals surface area contributed by atoms with Gasteiger partial charge in [-0.1, -0.05) is 0 Å². The normalized spacial score (nSPS) is 9.93. The summed E-state index contributed by atoms with van der Waals surface area (Å²) in [5, 5.41) is 13.0. The lowest BCUT2D eigenvalue weighted by atomic mass is 10.2. The van der Waals surface area contributed by atoms with Crippen molar-refractivity contribution in [1.29, 1.82) is 5.26 Å². The molecule has 0 radical (unpaired) electrons. The molecule has 0 N–H and O–H groups in total. The fourth-order valence-electron chi connectivity index (χ4n) is 1.24. The van der Waals surface area contributed by atoms with E-state index in [0.29, 0.717) is 11.4 Å². The molecule has 74 valence electrons. The first-order valence-electron chi connectivity index (χ1n) is 4.44. The Labute approximate surface area is 87.0 Å². The van der Waals surface area contributed by atoms with Gasteiger partial charge in [0, 0.05) is 18.8 Å². The zero-order valence-corrected chi connectivity index (χ0v) is 8.47. The molecule has 0 saturated carbocycles. The molecule has 0 spiro atoms. The van der Waals surface area contributed by atoms with Crippen molar-refractivity contribution in [3.8, 4) is 17.5 Å². The lowest BCUT2D eigenvalue weighted by Gasteiger charge is -1.94. The number of aromatic nitrogens is 4. The third-order valence-corrected chi connectivity index (χ3v) is 2.16. The van der Waals surface area contributed by atoms with Gasteiger partial charge in [0.15, 0.2) is 0 Å². The SMILES string of the molecule is Cc1cc(-c2cc(C#N)ncn2)nn1C. The highest BCUT2D eigenvalue weighted by Crippen LogP contribution is 2.15. The first kappa shape index (κ1) is 9.34. The number of hydrogen-bond donors (Lipinski definition) is 0. The summed E-state index contributed by atoms with van der Waals surface area (Å²) in [5.74, 6) is 0. The van der Waals surface area contributed by atoms with E-state index < -0.39 is 0 Å². The molecular formula is C10H9N5. The van der Waals surface area contributed by atoms with Gasteiger partial charge < -0.3 is 0 Å². The zero-order chi connectivity index (χ0) is 10.8. The summed E-state index contributed by atoms with van der Waals surface area (Å²) < 4.78 is 1.77. The molecule has 0 aromatic carbocycles. The van der Waals surface area contributed by atoms with Crippen LogP contribution in [0.15, 0.2) is 18.5 Å². The van der Waals surface area contributed by atoms with Gasteiger partial charge >= 0.3 is 0 Å². The molecule has 2 rings (SSSR count). The van der Waals surface area contributed by atoms with Crippen LogP contribution >= 0.6 is 0 Å². The minimum atomic E-state index is 0.350. The van der Waals surface area contributed by atoms with Crippen LogP contribution in [-0.2, 0) is 7.05 Å². The van der Waals surface area contributed by atoms with Crippen LogP contribution in [0, 0.1) is 18.3 Å². The fourth-order valence-corrected chi connectivity index (χ4v) is 1.24. The van der Waals surface area contributed by atoms with Crippen LogP contribution in [0.1, 0.15) is 11.4 Å². The molecule has 0 unspecified atom stereocenters. The zero-order valence-electron chi connectivity index (χ0n) is 8.47. The van der Waals surface area contributed by atoms with Gasteiger partial charge in [0.25, 0.3) is 0 Å². The van der Waals surface area contributed by atoms with Crippen molar-refractivity contribution in [3.05, 3.63) is 29.8 Å². The van der Waals surface area contributed by atoms with Crippen molar-refractivity contribution in [3.63, 3.8) is 0 Å². The van der Waals surface area contributed by atoms with E-state index in [4.69, 9.17) is 5.26 Å². The van der Waals surface area contributed by atoms with Gasteiger partial charge in [-0.05, 0) is 13.0 Å². The van der Waals surface area contributed by atoms with Gasteiger partial charge in [0.2, 0.25) is 0 Å². The van der Waals surface area contributed by atoms with Crippen LogP contribution in [0.5, 0.6) is 0 Å². The Morgan fingerprint density at radius 3 is 2.67 bits per heavy atom. The smallest absolute Gasteiger partial charge is 0.144 e. The van der Waals surface area contributed by atoms with Crippen LogP contribution in [-0.4, -0.2) is 19.7 Å². The van der Waals surface area contributed by atoms with E-state index in [1.165, 1.54) is 6.33 Å². The first-order valence-corrected chi connectivity index (χ1v) is 4.44. The molecule has 0 aliphatic carbocycles. The molecule has 0 aliphatic heterocycles. The van der Waals surface area contributed by atoms with Gasteiger partial charge in [-0.25, -0.2) is 9.97 Å². The molecule has 0 saturated heterocycles. The Hall–Kier alpha value is -2.22. The predicted molar refractivity (Wildman–Crippen MR) is 53.7 cm³/mol. The van der Waals surface area contributed by atoms with Crippen molar-refractivity contribution < 1.29 is 0 Å². The quantitative estimate of drug-likeness (QED) is 0.688. The summed E-state index contributed by atoms with van der Waals surface area (Å²) in [5.41, 5.74) is 2.82. The second kappa shape index (κ2) is 3.50. The predicted octanol–water partition coefficient (Wildman–Crippen LogP) is 1.06. The summed E-state index contributed by atoms with van der Waals surface area (Å²) in [7, 11) is 1.87. The summed E-state index contributed by atoms with van der Waals surface area (Å²) >= 11 is 0. The Bertz CT molecular complexity index is 515. The van der Waals surface area contributed by atoms with E-state index in [1.54, 1.807) is 10.7 Å². The standard InChI is InChI=1S/C10H9N5/c1-7-3-10(14-15(7)2)9-4-8(5-11)12-6-13-9/h3-4,6H,1-2H3. The van der Waals surface area contributed by atoms with Crippen LogP contribution in [0.2, 0.25) is 0 Å². The second-order valence-corrected chi connectivity index (χ2v) is 3.19. The van der Waals surface area contributed by atoms with E-state index >= 15 is 0 Å². The molecule has 0 atom stereocenters. The molecule has 2 aromatic heterocycles. The summed E-state index contributed by atoms with van der Waals surface area (Å²) in [6.07, 6.45) is 1.37. The highest BCUT2D eigenvalue weighted by Gasteiger charge is 2.06. The van der Waals surface area contributed by atoms with Gasteiger partial charge in [-0.3, -0.25) is 4.68 Å². The number of rotatable bonds is 1. The van der Waals surface area contributed by atoms with E-state index in [0.717, 1.165) is 11.4 Å². The molecule has 5 nitrogen and oxygen atoms in total. The number of nitriles is 1. The number of aryl methyl sites for hydroxylation is 2. The molecule has 2 aromatic rings. The highest BCUT2D eigenvalue weighted by molar-refractivity contribution is 5.55. The maximum Gasteiger partial charge on any atom is 0.144 e. The lowest BCUT2D eigenvalue weighted by Crippen LogP contribution is -1.93. The van der Waals surface area contributed by atoms with Crippen LogP contribution in [0.25, 0.3) is 11.4 Å². The van der Waals surface area contributed by atoms with Crippen LogP contribution in [0.3, 0.4) is 0 Å². The maximum atomic E-state index is 8.70. The molecule has 5 heteroatoms. The van der Waals surface area contributed by atoms with Gasteiger partial charge in [0.1, 0.15) is 23.8 Å². The van der Waals surface area contributed by atoms with Crippen molar-refractivity contribution in [2.45, 2.75) is 6.92 Å². The van der Waals surface area contributed by atoms with E-state index in [2.05, 4.69) is 15.1 Å². The minimum absolute atomic E-state index is 0.350.